The average Bonchev–Trinajstić information content (AvgIpc) is 3.48. The van der Waals surface area contributed by atoms with Gasteiger partial charge in [-0.1, -0.05) is 49.7 Å². The first-order valence-corrected chi connectivity index (χ1v) is 12.5. The lowest BCUT2D eigenvalue weighted by atomic mass is 9.95. The molecule has 7 heteroatoms. The summed E-state index contributed by atoms with van der Waals surface area (Å²) in [6.45, 7) is 3.22. The van der Waals surface area contributed by atoms with Crippen molar-refractivity contribution in [1.29, 1.82) is 0 Å². The second-order valence-electron chi connectivity index (χ2n) is 9.02. The van der Waals surface area contributed by atoms with Crippen molar-refractivity contribution in [2.45, 2.75) is 32.4 Å². The quantitative estimate of drug-likeness (QED) is 0.271. The van der Waals surface area contributed by atoms with Crippen LogP contribution in [0.1, 0.15) is 53.0 Å². The number of benzene rings is 3. The van der Waals surface area contributed by atoms with E-state index < -0.39 is 0 Å². The Bertz CT molecular complexity index is 1370. The first kappa shape index (κ1) is 24.4. The van der Waals surface area contributed by atoms with E-state index in [1.165, 1.54) is 0 Å². The van der Waals surface area contributed by atoms with Gasteiger partial charge in [-0.05, 0) is 53.9 Å². The van der Waals surface area contributed by atoms with Gasteiger partial charge in [0.05, 0.1) is 32.6 Å². The van der Waals surface area contributed by atoms with Gasteiger partial charge in [-0.2, -0.15) is 5.10 Å². The molecule has 7 nitrogen and oxygen atoms in total. The molecule has 0 saturated carbocycles. The van der Waals surface area contributed by atoms with Crippen molar-refractivity contribution in [3.8, 4) is 28.5 Å². The molecular weight excluding hydrogens is 466 g/mol. The Morgan fingerprint density at radius 1 is 0.946 bits per heavy atom. The number of H-pyrrole nitrogens is 1. The monoisotopic (exact) mass is 497 g/mol. The van der Waals surface area contributed by atoms with Crippen molar-refractivity contribution >= 4 is 5.91 Å². The van der Waals surface area contributed by atoms with Crippen LogP contribution in [0.4, 0.5) is 0 Å². The Morgan fingerprint density at radius 2 is 1.73 bits per heavy atom. The van der Waals surface area contributed by atoms with E-state index in [4.69, 9.17) is 14.2 Å². The van der Waals surface area contributed by atoms with Crippen molar-refractivity contribution in [2.75, 3.05) is 20.8 Å². The summed E-state index contributed by atoms with van der Waals surface area (Å²) < 4.78 is 17.0. The summed E-state index contributed by atoms with van der Waals surface area (Å²) in [5.41, 5.74) is 5.00. The Labute approximate surface area is 217 Å². The standard InChI is InChI=1S/C30H31N3O4/c1-4-5-17-37-24-16-13-22(18-25(24)36-3)29-26-27(21-11-14-23(35-2)15-12-21)31-32-28(26)30(34)33(29)19-20-9-7-6-8-10-20/h6-16,18,29H,4-5,17,19H2,1-3H3,(H,31,32). The van der Waals surface area contributed by atoms with Crippen LogP contribution in [-0.4, -0.2) is 41.8 Å². The van der Waals surface area contributed by atoms with E-state index in [1.54, 1.807) is 14.2 Å². The molecule has 2 heterocycles. The summed E-state index contributed by atoms with van der Waals surface area (Å²) in [6, 6.07) is 23.3. The Morgan fingerprint density at radius 3 is 2.43 bits per heavy atom. The van der Waals surface area contributed by atoms with Crippen LogP contribution in [0.25, 0.3) is 11.3 Å². The molecule has 1 N–H and O–H groups in total. The molecule has 1 aliphatic heterocycles. The third kappa shape index (κ3) is 4.77. The second kappa shape index (κ2) is 10.8. The van der Waals surface area contributed by atoms with Gasteiger partial charge in [0.1, 0.15) is 11.4 Å². The predicted molar refractivity (Wildman–Crippen MR) is 142 cm³/mol. The number of carbonyl (C=O) groups excluding carboxylic acids is 1. The molecule has 0 radical (unpaired) electrons. The second-order valence-corrected chi connectivity index (χ2v) is 9.02. The molecule has 4 aromatic rings. The third-order valence-electron chi connectivity index (χ3n) is 6.68. The number of hydrogen-bond donors (Lipinski definition) is 1. The summed E-state index contributed by atoms with van der Waals surface area (Å²) in [7, 11) is 3.28. The van der Waals surface area contributed by atoms with Gasteiger partial charge < -0.3 is 19.1 Å². The first-order valence-electron chi connectivity index (χ1n) is 12.5. The van der Waals surface area contributed by atoms with Crippen LogP contribution in [0.2, 0.25) is 0 Å². The van der Waals surface area contributed by atoms with E-state index in [0.717, 1.165) is 46.5 Å². The number of unbranched alkanes of at least 4 members (excludes halogenated alkanes) is 1. The van der Waals surface area contributed by atoms with Gasteiger partial charge in [0, 0.05) is 17.7 Å². The molecule has 0 saturated heterocycles. The van der Waals surface area contributed by atoms with E-state index >= 15 is 0 Å². The van der Waals surface area contributed by atoms with Crippen molar-refractivity contribution < 1.29 is 19.0 Å². The molecule has 1 aromatic heterocycles. The maximum absolute atomic E-state index is 13.7. The van der Waals surface area contributed by atoms with Crippen LogP contribution >= 0.6 is 0 Å². The molecule has 5 rings (SSSR count). The van der Waals surface area contributed by atoms with Crippen LogP contribution in [0.3, 0.4) is 0 Å². The molecule has 190 valence electrons. The normalized spacial score (nSPS) is 14.5. The summed E-state index contributed by atoms with van der Waals surface area (Å²) in [6.07, 6.45) is 2.02. The van der Waals surface area contributed by atoms with Crippen molar-refractivity contribution in [1.82, 2.24) is 15.1 Å². The fraction of sp³-hybridized carbons (Fsp3) is 0.267. The molecule has 0 bridgehead atoms. The number of carbonyl (C=O) groups is 1. The van der Waals surface area contributed by atoms with Gasteiger partial charge in [0.25, 0.3) is 5.91 Å². The van der Waals surface area contributed by atoms with Crippen molar-refractivity contribution in [3.05, 3.63) is 95.2 Å². The number of hydrogen-bond acceptors (Lipinski definition) is 5. The molecule has 3 aromatic carbocycles. The number of aromatic amines is 1. The van der Waals surface area contributed by atoms with Crippen LogP contribution in [0.5, 0.6) is 17.2 Å². The van der Waals surface area contributed by atoms with Crippen LogP contribution < -0.4 is 14.2 Å². The van der Waals surface area contributed by atoms with Crippen LogP contribution in [0.15, 0.2) is 72.8 Å². The zero-order valence-corrected chi connectivity index (χ0v) is 21.4. The Hall–Kier alpha value is -4.26. The molecule has 0 fully saturated rings. The maximum atomic E-state index is 13.7. The molecule has 1 unspecified atom stereocenters. The summed E-state index contributed by atoms with van der Waals surface area (Å²) in [5, 5.41) is 7.60. The number of nitrogens with one attached hydrogen (secondary N) is 1. The fourth-order valence-electron chi connectivity index (χ4n) is 4.76. The van der Waals surface area contributed by atoms with Gasteiger partial charge in [-0.3, -0.25) is 9.89 Å². The number of ether oxygens (including phenoxy) is 3. The number of aromatic nitrogens is 2. The van der Waals surface area contributed by atoms with Gasteiger partial charge in [-0.15, -0.1) is 0 Å². The highest BCUT2D eigenvalue weighted by atomic mass is 16.5. The molecular formula is C30H31N3O4. The third-order valence-corrected chi connectivity index (χ3v) is 6.68. The lowest BCUT2D eigenvalue weighted by molar-refractivity contribution is 0.0730. The van der Waals surface area contributed by atoms with Gasteiger partial charge in [-0.25, -0.2) is 0 Å². The number of amides is 1. The minimum atomic E-state index is -0.350. The lowest BCUT2D eigenvalue weighted by Gasteiger charge is -2.27. The van der Waals surface area contributed by atoms with Crippen LogP contribution in [0, 0.1) is 0 Å². The minimum Gasteiger partial charge on any atom is -0.497 e. The van der Waals surface area contributed by atoms with Gasteiger partial charge in [0.15, 0.2) is 11.5 Å². The maximum Gasteiger partial charge on any atom is 0.273 e. The van der Waals surface area contributed by atoms with Gasteiger partial charge >= 0.3 is 0 Å². The average molecular weight is 498 g/mol. The zero-order valence-electron chi connectivity index (χ0n) is 21.4. The van der Waals surface area contributed by atoms with E-state index in [1.807, 2.05) is 77.7 Å². The lowest BCUT2D eigenvalue weighted by Crippen LogP contribution is -2.29. The molecule has 1 amide bonds. The summed E-state index contributed by atoms with van der Waals surface area (Å²) in [4.78, 5) is 15.6. The summed E-state index contributed by atoms with van der Waals surface area (Å²) in [5.74, 6) is 2.01. The van der Waals surface area contributed by atoms with E-state index in [9.17, 15) is 4.79 Å². The van der Waals surface area contributed by atoms with Crippen molar-refractivity contribution in [2.24, 2.45) is 0 Å². The number of fused-ring (bicyclic) bond motifs is 1. The molecule has 0 aliphatic carbocycles. The van der Waals surface area contributed by atoms with Gasteiger partial charge in [0.2, 0.25) is 0 Å². The Kier molecular flexibility index (Phi) is 7.12. The number of rotatable bonds is 10. The van der Waals surface area contributed by atoms with E-state index in [-0.39, 0.29) is 11.9 Å². The number of methoxy groups -OCH3 is 2. The van der Waals surface area contributed by atoms with Crippen LogP contribution in [-0.2, 0) is 6.54 Å². The topological polar surface area (TPSA) is 76.7 Å². The highest BCUT2D eigenvalue weighted by Gasteiger charge is 2.42. The van der Waals surface area contributed by atoms with Crippen molar-refractivity contribution in [3.63, 3.8) is 0 Å². The first-order chi connectivity index (χ1) is 18.1. The van der Waals surface area contributed by atoms with E-state index in [0.29, 0.717) is 30.3 Å². The zero-order chi connectivity index (χ0) is 25.8. The Balaban J connectivity index is 1.59. The SMILES string of the molecule is CCCCOc1ccc(C2c3c(-c4ccc(OC)cc4)n[nH]c3C(=O)N2Cc2ccccc2)cc1OC. The molecule has 37 heavy (non-hydrogen) atoms. The number of nitrogens with zero attached hydrogens (tertiary/aromatic N) is 2. The summed E-state index contributed by atoms with van der Waals surface area (Å²) >= 11 is 0. The molecule has 0 spiro atoms. The minimum absolute atomic E-state index is 0.0849. The highest BCUT2D eigenvalue weighted by Crippen LogP contribution is 2.45. The van der Waals surface area contributed by atoms with E-state index in [2.05, 4.69) is 17.1 Å². The highest BCUT2D eigenvalue weighted by molar-refractivity contribution is 6.00. The molecule has 1 aliphatic rings. The largest absolute Gasteiger partial charge is 0.497 e. The smallest absolute Gasteiger partial charge is 0.273 e. The molecule has 1 atom stereocenters. The predicted octanol–water partition coefficient (Wildman–Crippen LogP) is 6.02. The fourth-order valence-corrected chi connectivity index (χ4v) is 4.76.